The highest BCUT2D eigenvalue weighted by atomic mass is 35.5. The zero-order chi connectivity index (χ0) is 22.3. The molecule has 0 spiro atoms. The van der Waals surface area contributed by atoms with Gasteiger partial charge < -0.3 is 4.74 Å². The van der Waals surface area contributed by atoms with Crippen LogP contribution in [0.1, 0.15) is 28.5 Å². The smallest absolute Gasteiger partial charge is 0.289 e. The number of hydrazone groups is 1. The molecule has 6 nitrogen and oxygen atoms in total. The third-order valence-corrected chi connectivity index (χ3v) is 5.06. The topological polar surface area (TPSA) is 79.4 Å². The molecule has 2 N–H and O–H groups in total. The highest BCUT2D eigenvalue weighted by Crippen LogP contribution is 2.22. The maximum absolute atomic E-state index is 12.4. The number of halogens is 1. The SMILES string of the molecule is C/C(=N/NC(=O)c1cc(-c2ccc(OCc3ccc(Cl)cc3)cc2)n[nH]1)c1ccccc1. The van der Waals surface area contributed by atoms with Gasteiger partial charge in [-0.1, -0.05) is 54.1 Å². The van der Waals surface area contributed by atoms with Gasteiger partial charge in [-0.2, -0.15) is 10.2 Å². The minimum atomic E-state index is -0.359. The van der Waals surface area contributed by atoms with E-state index in [-0.39, 0.29) is 5.91 Å². The highest BCUT2D eigenvalue weighted by Gasteiger charge is 2.11. The fourth-order valence-electron chi connectivity index (χ4n) is 2.99. The number of H-pyrrole nitrogens is 1. The van der Waals surface area contributed by atoms with E-state index in [1.165, 1.54) is 0 Å². The zero-order valence-electron chi connectivity index (χ0n) is 17.4. The molecule has 0 unspecified atom stereocenters. The van der Waals surface area contributed by atoms with Crippen LogP contribution in [-0.4, -0.2) is 21.8 Å². The number of hydrogen-bond acceptors (Lipinski definition) is 4. The van der Waals surface area contributed by atoms with Crippen LogP contribution in [0.2, 0.25) is 5.02 Å². The van der Waals surface area contributed by atoms with Crippen molar-refractivity contribution < 1.29 is 9.53 Å². The van der Waals surface area contributed by atoms with Gasteiger partial charge in [0, 0.05) is 10.6 Å². The summed E-state index contributed by atoms with van der Waals surface area (Å²) >= 11 is 5.90. The van der Waals surface area contributed by atoms with Crippen molar-refractivity contribution in [2.45, 2.75) is 13.5 Å². The van der Waals surface area contributed by atoms with E-state index >= 15 is 0 Å². The number of aromatic amines is 1. The molecule has 0 radical (unpaired) electrons. The Kier molecular flexibility index (Phi) is 6.63. The minimum Gasteiger partial charge on any atom is -0.489 e. The standard InChI is InChI=1S/C25H21ClN4O2/c1-17(19-5-3-2-4-6-19)27-30-25(31)24-15-23(28-29-24)20-9-13-22(14-10-20)32-16-18-7-11-21(26)12-8-18/h2-15H,16H2,1H3,(H,28,29)(H,30,31)/b27-17-. The second-order valence-electron chi connectivity index (χ2n) is 7.11. The molecule has 0 saturated heterocycles. The molecular formula is C25H21ClN4O2. The van der Waals surface area contributed by atoms with E-state index in [2.05, 4.69) is 20.7 Å². The van der Waals surface area contributed by atoms with Crippen molar-refractivity contribution in [1.82, 2.24) is 15.6 Å². The summed E-state index contributed by atoms with van der Waals surface area (Å²) in [4.78, 5) is 12.4. The van der Waals surface area contributed by atoms with Crippen LogP contribution < -0.4 is 10.2 Å². The lowest BCUT2D eigenvalue weighted by Crippen LogP contribution is -2.19. The predicted molar refractivity (Wildman–Crippen MR) is 126 cm³/mol. The Hall–Kier alpha value is -3.90. The van der Waals surface area contributed by atoms with E-state index in [1.807, 2.05) is 85.8 Å². The number of carbonyl (C=O) groups excluding carboxylic acids is 1. The largest absolute Gasteiger partial charge is 0.489 e. The summed E-state index contributed by atoms with van der Waals surface area (Å²) in [5.74, 6) is 0.380. The molecule has 0 aliphatic rings. The number of carbonyl (C=O) groups is 1. The molecule has 0 bridgehead atoms. The third kappa shape index (κ3) is 5.42. The number of amides is 1. The molecule has 0 fully saturated rings. The van der Waals surface area contributed by atoms with Crippen molar-refractivity contribution >= 4 is 23.2 Å². The first-order valence-corrected chi connectivity index (χ1v) is 10.4. The highest BCUT2D eigenvalue weighted by molar-refractivity contribution is 6.30. The van der Waals surface area contributed by atoms with E-state index in [1.54, 1.807) is 6.07 Å². The van der Waals surface area contributed by atoms with Gasteiger partial charge in [0.15, 0.2) is 0 Å². The van der Waals surface area contributed by atoms with E-state index in [9.17, 15) is 4.79 Å². The molecule has 1 heterocycles. The van der Waals surface area contributed by atoms with Gasteiger partial charge in [0.05, 0.1) is 11.4 Å². The van der Waals surface area contributed by atoms with Crippen LogP contribution in [0.4, 0.5) is 0 Å². The van der Waals surface area contributed by atoms with Crippen molar-refractivity contribution in [3.63, 3.8) is 0 Å². The maximum Gasteiger partial charge on any atom is 0.289 e. The minimum absolute atomic E-state index is 0.327. The molecule has 0 saturated carbocycles. The average molecular weight is 445 g/mol. The van der Waals surface area contributed by atoms with E-state index in [4.69, 9.17) is 16.3 Å². The van der Waals surface area contributed by atoms with Gasteiger partial charge in [0.2, 0.25) is 0 Å². The molecule has 1 aromatic heterocycles. The second-order valence-corrected chi connectivity index (χ2v) is 7.55. The normalized spacial score (nSPS) is 11.2. The summed E-state index contributed by atoms with van der Waals surface area (Å²) in [6, 6.07) is 26.4. The number of nitrogens with zero attached hydrogens (tertiary/aromatic N) is 2. The molecule has 32 heavy (non-hydrogen) atoms. The third-order valence-electron chi connectivity index (χ3n) is 4.81. The first-order valence-electron chi connectivity index (χ1n) is 10.0. The van der Waals surface area contributed by atoms with Crippen molar-refractivity contribution in [2.75, 3.05) is 0 Å². The lowest BCUT2D eigenvalue weighted by Gasteiger charge is -2.07. The Balaban J connectivity index is 1.36. The number of aromatic nitrogens is 2. The Labute approximate surface area is 190 Å². The van der Waals surface area contributed by atoms with Gasteiger partial charge in [0.25, 0.3) is 5.91 Å². The fourth-order valence-corrected chi connectivity index (χ4v) is 3.12. The molecule has 160 valence electrons. The quantitative estimate of drug-likeness (QED) is 0.293. The number of rotatable bonds is 7. The number of nitrogens with one attached hydrogen (secondary N) is 2. The van der Waals surface area contributed by atoms with Crippen LogP contribution in [0.15, 0.2) is 90.0 Å². The molecule has 4 rings (SSSR count). The molecule has 3 aromatic carbocycles. The molecule has 0 atom stereocenters. The Morgan fingerprint density at radius 2 is 1.75 bits per heavy atom. The van der Waals surface area contributed by atoms with Crippen LogP contribution in [-0.2, 0) is 6.61 Å². The Morgan fingerprint density at radius 1 is 1.03 bits per heavy atom. The molecule has 4 aromatic rings. The summed E-state index contributed by atoms with van der Waals surface area (Å²) in [6.45, 7) is 2.29. The lowest BCUT2D eigenvalue weighted by molar-refractivity contribution is 0.0950. The van der Waals surface area contributed by atoms with E-state index < -0.39 is 0 Å². The number of benzene rings is 3. The molecule has 0 aliphatic heterocycles. The van der Waals surface area contributed by atoms with E-state index in [0.717, 1.165) is 22.4 Å². The lowest BCUT2D eigenvalue weighted by atomic mass is 10.1. The maximum atomic E-state index is 12.4. The van der Waals surface area contributed by atoms with Gasteiger partial charge in [-0.05, 0) is 60.5 Å². The number of hydrogen-bond donors (Lipinski definition) is 2. The average Bonchev–Trinajstić information content (AvgIpc) is 3.33. The van der Waals surface area contributed by atoms with Crippen LogP contribution in [0.5, 0.6) is 5.75 Å². The molecule has 7 heteroatoms. The summed E-state index contributed by atoms with van der Waals surface area (Å²) in [5.41, 5.74) is 7.09. The molecule has 1 amide bonds. The number of ether oxygens (including phenoxy) is 1. The van der Waals surface area contributed by atoms with Gasteiger partial charge >= 0.3 is 0 Å². The molecule has 0 aliphatic carbocycles. The van der Waals surface area contributed by atoms with Crippen molar-refractivity contribution in [3.05, 3.63) is 107 Å². The summed E-state index contributed by atoms with van der Waals surface area (Å²) in [6.07, 6.45) is 0. The van der Waals surface area contributed by atoms with Gasteiger partial charge in [-0.15, -0.1) is 0 Å². The fraction of sp³-hybridized carbons (Fsp3) is 0.0800. The monoisotopic (exact) mass is 444 g/mol. The molecular weight excluding hydrogens is 424 g/mol. The zero-order valence-corrected chi connectivity index (χ0v) is 18.1. The van der Waals surface area contributed by atoms with Crippen LogP contribution in [0.3, 0.4) is 0 Å². The Bertz CT molecular complexity index is 1220. The summed E-state index contributed by atoms with van der Waals surface area (Å²) < 4.78 is 5.81. The second kappa shape index (κ2) is 9.94. The first-order chi connectivity index (χ1) is 15.6. The van der Waals surface area contributed by atoms with Crippen LogP contribution in [0, 0.1) is 0 Å². The van der Waals surface area contributed by atoms with Gasteiger partial charge in [-0.3, -0.25) is 9.89 Å². The van der Waals surface area contributed by atoms with Crippen molar-refractivity contribution in [3.8, 4) is 17.0 Å². The summed E-state index contributed by atoms with van der Waals surface area (Å²) in [7, 11) is 0. The first kappa shape index (κ1) is 21.3. The van der Waals surface area contributed by atoms with Gasteiger partial charge in [-0.25, -0.2) is 5.43 Å². The van der Waals surface area contributed by atoms with Crippen molar-refractivity contribution in [1.29, 1.82) is 0 Å². The van der Waals surface area contributed by atoms with Crippen molar-refractivity contribution in [2.24, 2.45) is 5.10 Å². The van der Waals surface area contributed by atoms with Gasteiger partial charge in [0.1, 0.15) is 18.1 Å². The van der Waals surface area contributed by atoms with E-state index in [0.29, 0.717) is 28.7 Å². The van der Waals surface area contributed by atoms with Crippen LogP contribution >= 0.6 is 11.6 Å². The Morgan fingerprint density at radius 3 is 2.47 bits per heavy atom. The van der Waals surface area contributed by atoms with Crippen LogP contribution in [0.25, 0.3) is 11.3 Å². The predicted octanol–water partition coefficient (Wildman–Crippen LogP) is 5.46. The summed E-state index contributed by atoms with van der Waals surface area (Å²) in [5, 5.41) is 11.9.